The standard InChI is InChI=1S/C22H18IN3O7S/c1-2-32-21-12-15(14-24-25-22(27)16-4-3-5-17(23)13-16)6-11-20(21)33-34(30,31)19-9-7-18(8-10-19)26(28)29/h3-14H,2H2,1H3,(H,25,27)/b24-14-. The molecule has 0 radical (unpaired) electrons. The van der Waals surface area contributed by atoms with Crippen molar-refractivity contribution < 1.29 is 27.1 Å². The molecule has 0 atom stereocenters. The number of amides is 1. The van der Waals surface area contributed by atoms with Crippen molar-refractivity contribution in [2.45, 2.75) is 11.8 Å². The molecule has 0 aliphatic rings. The van der Waals surface area contributed by atoms with Gasteiger partial charge < -0.3 is 8.92 Å². The van der Waals surface area contributed by atoms with Crippen molar-refractivity contribution in [2.24, 2.45) is 5.10 Å². The Hall–Kier alpha value is -3.52. The van der Waals surface area contributed by atoms with Crippen molar-refractivity contribution in [3.8, 4) is 11.5 Å². The Morgan fingerprint density at radius 3 is 2.50 bits per heavy atom. The number of hydrogen-bond acceptors (Lipinski definition) is 8. The third-order valence-corrected chi connectivity index (χ3v) is 6.19. The van der Waals surface area contributed by atoms with E-state index in [1.54, 1.807) is 25.1 Å². The van der Waals surface area contributed by atoms with Crippen LogP contribution >= 0.6 is 22.6 Å². The van der Waals surface area contributed by atoms with Gasteiger partial charge in [0.05, 0.1) is 17.7 Å². The lowest BCUT2D eigenvalue weighted by atomic mass is 10.2. The highest BCUT2D eigenvalue weighted by Crippen LogP contribution is 2.31. The van der Waals surface area contributed by atoms with E-state index in [4.69, 9.17) is 8.92 Å². The third-order valence-electron chi connectivity index (χ3n) is 4.27. The number of nitro groups is 1. The molecular formula is C22H18IN3O7S. The van der Waals surface area contributed by atoms with Gasteiger partial charge in [0.25, 0.3) is 11.6 Å². The molecule has 0 aliphatic carbocycles. The fourth-order valence-electron chi connectivity index (χ4n) is 2.70. The summed E-state index contributed by atoms with van der Waals surface area (Å²) in [5, 5.41) is 14.7. The van der Waals surface area contributed by atoms with Crippen LogP contribution in [-0.2, 0) is 10.1 Å². The van der Waals surface area contributed by atoms with Gasteiger partial charge in [-0.3, -0.25) is 14.9 Å². The first-order chi connectivity index (χ1) is 16.2. The zero-order valence-electron chi connectivity index (χ0n) is 17.7. The SMILES string of the molecule is CCOc1cc(/C=N\NC(=O)c2cccc(I)c2)ccc1OS(=O)(=O)c1ccc([N+](=O)[O-])cc1. The first kappa shape index (κ1) is 25.1. The quantitative estimate of drug-likeness (QED) is 0.129. The minimum atomic E-state index is -4.27. The maximum absolute atomic E-state index is 12.6. The molecule has 34 heavy (non-hydrogen) atoms. The number of non-ortho nitro benzene ring substituents is 1. The third kappa shape index (κ3) is 6.51. The maximum atomic E-state index is 12.6. The number of hydrogen-bond donors (Lipinski definition) is 1. The zero-order chi connectivity index (χ0) is 24.7. The van der Waals surface area contributed by atoms with Gasteiger partial charge in [-0.05, 0) is 83.6 Å². The van der Waals surface area contributed by atoms with Gasteiger partial charge in [0.2, 0.25) is 0 Å². The molecule has 0 aliphatic heterocycles. The molecule has 0 saturated heterocycles. The van der Waals surface area contributed by atoms with Crippen LogP contribution in [0, 0.1) is 13.7 Å². The number of hydrazone groups is 1. The second-order valence-electron chi connectivity index (χ2n) is 6.64. The van der Waals surface area contributed by atoms with E-state index < -0.39 is 15.0 Å². The van der Waals surface area contributed by atoms with E-state index in [0.717, 1.165) is 27.8 Å². The Labute approximate surface area is 209 Å². The van der Waals surface area contributed by atoms with E-state index in [1.807, 2.05) is 6.07 Å². The Morgan fingerprint density at radius 2 is 1.85 bits per heavy atom. The second kappa shape index (κ2) is 11.1. The Morgan fingerprint density at radius 1 is 1.12 bits per heavy atom. The molecule has 1 amide bonds. The van der Waals surface area contributed by atoms with Gasteiger partial charge in [-0.2, -0.15) is 13.5 Å². The van der Waals surface area contributed by atoms with Crippen LogP contribution in [0.25, 0.3) is 0 Å². The highest BCUT2D eigenvalue weighted by molar-refractivity contribution is 14.1. The van der Waals surface area contributed by atoms with Crippen LogP contribution in [0.3, 0.4) is 0 Å². The van der Waals surface area contributed by atoms with Crippen molar-refractivity contribution in [1.82, 2.24) is 5.43 Å². The Bertz CT molecular complexity index is 1340. The molecule has 0 spiro atoms. The van der Waals surface area contributed by atoms with Crippen LogP contribution < -0.4 is 14.3 Å². The van der Waals surface area contributed by atoms with E-state index in [9.17, 15) is 23.3 Å². The van der Waals surface area contributed by atoms with Crippen LogP contribution in [0.15, 0.2) is 76.7 Å². The molecule has 0 heterocycles. The summed E-state index contributed by atoms with van der Waals surface area (Å²) in [5.74, 6) is -0.310. The molecule has 3 aromatic carbocycles. The van der Waals surface area contributed by atoms with Crippen molar-refractivity contribution in [3.05, 3.63) is 91.5 Å². The van der Waals surface area contributed by atoms with Gasteiger partial charge in [0, 0.05) is 21.3 Å². The van der Waals surface area contributed by atoms with E-state index >= 15 is 0 Å². The van der Waals surface area contributed by atoms with Crippen molar-refractivity contribution in [1.29, 1.82) is 0 Å². The summed E-state index contributed by atoms with van der Waals surface area (Å²) in [7, 11) is -4.27. The van der Waals surface area contributed by atoms with E-state index in [-0.39, 0.29) is 34.6 Å². The highest BCUT2D eigenvalue weighted by atomic mass is 127. The molecule has 0 fully saturated rings. The van der Waals surface area contributed by atoms with Gasteiger partial charge in [-0.1, -0.05) is 6.07 Å². The summed E-state index contributed by atoms with van der Waals surface area (Å²) in [6.07, 6.45) is 1.38. The predicted molar refractivity (Wildman–Crippen MR) is 133 cm³/mol. The number of rotatable bonds is 9. The molecule has 0 aromatic heterocycles. The molecule has 10 nitrogen and oxygen atoms in total. The number of carbonyl (C=O) groups is 1. The summed E-state index contributed by atoms with van der Waals surface area (Å²) in [4.78, 5) is 22.1. The number of carbonyl (C=O) groups excluding carboxylic acids is 1. The van der Waals surface area contributed by atoms with E-state index in [1.165, 1.54) is 24.4 Å². The molecule has 176 valence electrons. The van der Waals surface area contributed by atoms with Gasteiger partial charge in [-0.15, -0.1) is 0 Å². The summed E-state index contributed by atoms with van der Waals surface area (Å²) >= 11 is 2.10. The summed E-state index contributed by atoms with van der Waals surface area (Å²) in [6.45, 7) is 1.95. The van der Waals surface area contributed by atoms with Crippen molar-refractivity contribution in [3.63, 3.8) is 0 Å². The number of benzene rings is 3. The van der Waals surface area contributed by atoms with Gasteiger partial charge in [-0.25, -0.2) is 5.43 Å². The number of nitro benzene ring substituents is 1. The molecule has 0 bridgehead atoms. The fraction of sp³-hybridized carbons (Fsp3) is 0.0909. The molecule has 1 N–H and O–H groups in total. The maximum Gasteiger partial charge on any atom is 0.339 e. The van der Waals surface area contributed by atoms with E-state index in [0.29, 0.717) is 11.1 Å². The number of ether oxygens (including phenoxy) is 1. The second-order valence-corrected chi connectivity index (χ2v) is 9.43. The van der Waals surface area contributed by atoms with Crippen LogP contribution in [0.1, 0.15) is 22.8 Å². The molecule has 12 heteroatoms. The number of nitrogens with one attached hydrogen (secondary N) is 1. The Balaban J connectivity index is 1.76. The zero-order valence-corrected chi connectivity index (χ0v) is 20.6. The average molecular weight is 595 g/mol. The minimum Gasteiger partial charge on any atom is -0.490 e. The highest BCUT2D eigenvalue weighted by Gasteiger charge is 2.20. The predicted octanol–water partition coefficient (Wildman–Crippen LogP) is 4.13. The van der Waals surface area contributed by atoms with Gasteiger partial charge >= 0.3 is 10.1 Å². The largest absolute Gasteiger partial charge is 0.490 e. The first-order valence-corrected chi connectivity index (χ1v) is 12.2. The molecule has 3 rings (SSSR count). The lowest BCUT2D eigenvalue weighted by molar-refractivity contribution is -0.384. The van der Waals surface area contributed by atoms with Gasteiger partial charge in [0.15, 0.2) is 11.5 Å². The molecule has 0 saturated carbocycles. The average Bonchev–Trinajstić information content (AvgIpc) is 2.80. The topological polar surface area (TPSA) is 137 Å². The van der Waals surface area contributed by atoms with Crippen molar-refractivity contribution in [2.75, 3.05) is 6.61 Å². The summed E-state index contributed by atoms with van der Waals surface area (Å²) in [5.41, 5.74) is 3.16. The molecular weight excluding hydrogens is 577 g/mol. The monoisotopic (exact) mass is 595 g/mol. The summed E-state index contributed by atoms with van der Waals surface area (Å²) < 4.78 is 36.8. The minimum absolute atomic E-state index is 0.0692. The van der Waals surface area contributed by atoms with Crippen LogP contribution in [0.5, 0.6) is 11.5 Å². The van der Waals surface area contributed by atoms with Gasteiger partial charge in [0.1, 0.15) is 4.90 Å². The van der Waals surface area contributed by atoms with Crippen LogP contribution in [0.2, 0.25) is 0 Å². The number of halogens is 1. The molecule has 3 aromatic rings. The first-order valence-electron chi connectivity index (χ1n) is 9.74. The normalized spacial score (nSPS) is 11.2. The van der Waals surface area contributed by atoms with E-state index in [2.05, 4.69) is 33.1 Å². The summed E-state index contributed by atoms with van der Waals surface area (Å²) in [6, 6.07) is 15.8. The number of nitrogens with zero attached hydrogens (tertiary/aromatic N) is 2. The van der Waals surface area contributed by atoms with Crippen molar-refractivity contribution >= 4 is 50.5 Å². The van der Waals surface area contributed by atoms with Crippen LogP contribution in [-0.4, -0.2) is 32.1 Å². The fourth-order valence-corrected chi connectivity index (χ4v) is 4.19. The Kier molecular flexibility index (Phi) is 8.17. The van der Waals surface area contributed by atoms with Crippen LogP contribution in [0.4, 0.5) is 5.69 Å². The smallest absolute Gasteiger partial charge is 0.339 e. The molecule has 0 unspecified atom stereocenters. The lowest BCUT2D eigenvalue weighted by Crippen LogP contribution is -2.17. The lowest BCUT2D eigenvalue weighted by Gasteiger charge is -2.12.